The summed E-state index contributed by atoms with van der Waals surface area (Å²) in [6.45, 7) is 0. The average Bonchev–Trinajstić information content (AvgIpc) is 2.62. The molecule has 0 aromatic heterocycles. The zero-order valence-electron chi connectivity index (χ0n) is 12.5. The molecular weight excluding hydrogens is 344 g/mol. The number of hydrogen-bond donors (Lipinski definition) is 0. The van der Waals surface area contributed by atoms with Crippen molar-refractivity contribution in [2.24, 2.45) is 0 Å². The molecule has 0 heterocycles. The van der Waals surface area contributed by atoms with E-state index in [9.17, 15) is 13.2 Å². The van der Waals surface area contributed by atoms with Crippen molar-refractivity contribution >= 4 is 27.2 Å². The second kappa shape index (κ2) is 6.59. The van der Waals surface area contributed by atoms with Crippen LogP contribution in [0.4, 0.5) is 0 Å². The molecule has 0 aliphatic carbocycles. The van der Waals surface area contributed by atoms with Gasteiger partial charge >= 0.3 is 0 Å². The number of rotatable bonds is 4. The van der Waals surface area contributed by atoms with E-state index in [-0.39, 0.29) is 15.6 Å². The van der Waals surface area contributed by atoms with Gasteiger partial charge in [-0.05, 0) is 60.7 Å². The summed E-state index contributed by atoms with van der Waals surface area (Å²) < 4.78 is 25.0. The van der Waals surface area contributed by atoms with Crippen molar-refractivity contribution in [3.63, 3.8) is 0 Å². The van der Waals surface area contributed by atoms with Gasteiger partial charge in [-0.1, -0.05) is 29.8 Å². The lowest BCUT2D eigenvalue weighted by Crippen LogP contribution is -2.04. The molecule has 0 amide bonds. The Hall–Kier alpha value is -2.43. The molecule has 5 heteroatoms. The van der Waals surface area contributed by atoms with E-state index in [0.29, 0.717) is 16.1 Å². The maximum atomic E-state index is 12.5. The Morgan fingerprint density at radius 2 is 1.12 bits per heavy atom. The topological polar surface area (TPSA) is 51.2 Å². The van der Waals surface area contributed by atoms with E-state index in [1.54, 1.807) is 54.6 Å². The van der Waals surface area contributed by atoms with E-state index in [0.717, 1.165) is 0 Å². The van der Waals surface area contributed by atoms with Gasteiger partial charge in [0.2, 0.25) is 9.84 Å². The van der Waals surface area contributed by atoms with Gasteiger partial charge in [0.05, 0.1) is 9.79 Å². The van der Waals surface area contributed by atoms with E-state index < -0.39 is 9.84 Å². The summed E-state index contributed by atoms with van der Waals surface area (Å²) in [5.74, 6) is -0.185. The fourth-order valence-electron chi connectivity index (χ4n) is 2.29. The summed E-state index contributed by atoms with van der Waals surface area (Å²) in [5.41, 5.74) is 0.919. The first-order chi connectivity index (χ1) is 11.5. The van der Waals surface area contributed by atoms with Crippen molar-refractivity contribution in [2.45, 2.75) is 9.79 Å². The number of sulfone groups is 1. The highest BCUT2D eigenvalue weighted by molar-refractivity contribution is 7.91. The molecule has 0 aliphatic heterocycles. The van der Waals surface area contributed by atoms with E-state index >= 15 is 0 Å². The maximum absolute atomic E-state index is 12.5. The molecule has 0 bridgehead atoms. The van der Waals surface area contributed by atoms with Gasteiger partial charge in [0.1, 0.15) is 0 Å². The van der Waals surface area contributed by atoms with Gasteiger partial charge in [0, 0.05) is 16.1 Å². The first-order valence-electron chi connectivity index (χ1n) is 7.19. The lowest BCUT2D eigenvalue weighted by molar-refractivity contribution is 0.103. The van der Waals surface area contributed by atoms with Crippen LogP contribution < -0.4 is 0 Å². The van der Waals surface area contributed by atoms with Crippen LogP contribution in [0, 0.1) is 0 Å². The van der Waals surface area contributed by atoms with Crippen molar-refractivity contribution in [2.75, 3.05) is 0 Å². The third kappa shape index (κ3) is 3.25. The first kappa shape index (κ1) is 16.4. The predicted octanol–water partition coefficient (Wildman–Crippen LogP) is 4.40. The van der Waals surface area contributed by atoms with Crippen molar-refractivity contribution in [1.29, 1.82) is 0 Å². The van der Waals surface area contributed by atoms with Crippen LogP contribution in [0.5, 0.6) is 0 Å². The fraction of sp³-hybridized carbons (Fsp3) is 0. The Bertz CT molecular complexity index is 961. The molecule has 0 saturated carbocycles. The molecule has 0 saturated heterocycles. The van der Waals surface area contributed by atoms with Gasteiger partial charge in [-0.2, -0.15) is 0 Å². The van der Waals surface area contributed by atoms with Gasteiger partial charge in [-0.3, -0.25) is 4.79 Å². The normalized spacial score (nSPS) is 11.2. The smallest absolute Gasteiger partial charge is 0.206 e. The van der Waals surface area contributed by atoms with Crippen LogP contribution in [0.1, 0.15) is 15.9 Å². The third-order valence-electron chi connectivity index (χ3n) is 3.59. The van der Waals surface area contributed by atoms with Crippen molar-refractivity contribution in [3.8, 4) is 0 Å². The Balaban J connectivity index is 1.91. The second-order valence-electron chi connectivity index (χ2n) is 5.18. The van der Waals surface area contributed by atoms with E-state index in [4.69, 9.17) is 11.6 Å². The molecular formula is C19H13ClO3S. The molecule has 0 unspecified atom stereocenters. The molecule has 3 nitrogen and oxygen atoms in total. The summed E-state index contributed by atoms with van der Waals surface area (Å²) in [7, 11) is -3.58. The summed E-state index contributed by atoms with van der Waals surface area (Å²) in [4.78, 5) is 12.8. The lowest BCUT2D eigenvalue weighted by Gasteiger charge is -2.06. The Morgan fingerprint density at radius 3 is 1.67 bits per heavy atom. The molecule has 0 atom stereocenters. The van der Waals surface area contributed by atoms with Gasteiger partial charge in [0.25, 0.3) is 0 Å². The molecule has 0 aliphatic rings. The first-order valence-corrected chi connectivity index (χ1v) is 9.05. The number of carbonyl (C=O) groups is 1. The molecule has 3 aromatic rings. The second-order valence-corrected chi connectivity index (χ2v) is 7.56. The average molecular weight is 357 g/mol. The predicted molar refractivity (Wildman–Crippen MR) is 93.2 cm³/mol. The van der Waals surface area contributed by atoms with E-state index in [2.05, 4.69) is 0 Å². The number of hydrogen-bond acceptors (Lipinski definition) is 3. The summed E-state index contributed by atoms with van der Waals surface area (Å²) in [6, 6.07) is 20.7. The molecule has 0 spiro atoms. The molecule has 3 rings (SSSR count). The number of halogens is 1. The highest BCUT2D eigenvalue weighted by atomic mass is 35.5. The minimum Gasteiger partial charge on any atom is -0.289 e. The number of benzene rings is 3. The van der Waals surface area contributed by atoms with Gasteiger partial charge in [-0.15, -0.1) is 0 Å². The SMILES string of the molecule is O=C(c1ccc(Cl)cc1)c1ccc(S(=O)(=O)c2ccccc2)cc1. The van der Waals surface area contributed by atoms with Crippen LogP contribution >= 0.6 is 11.6 Å². The summed E-state index contributed by atoms with van der Waals surface area (Å²) >= 11 is 5.81. The Morgan fingerprint density at radius 1 is 0.667 bits per heavy atom. The van der Waals surface area contributed by atoms with Crippen LogP contribution in [0.15, 0.2) is 88.7 Å². The molecule has 0 radical (unpaired) electrons. The van der Waals surface area contributed by atoms with Crippen LogP contribution in [0.3, 0.4) is 0 Å². The highest BCUT2D eigenvalue weighted by Crippen LogP contribution is 2.22. The third-order valence-corrected chi connectivity index (χ3v) is 5.62. The van der Waals surface area contributed by atoms with Gasteiger partial charge in [-0.25, -0.2) is 8.42 Å². The Kier molecular flexibility index (Phi) is 4.51. The molecule has 0 N–H and O–H groups in total. The monoisotopic (exact) mass is 356 g/mol. The Labute approximate surface area is 145 Å². The zero-order chi connectivity index (χ0) is 17.2. The van der Waals surface area contributed by atoms with Gasteiger partial charge in [0.15, 0.2) is 5.78 Å². The van der Waals surface area contributed by atoms with Crippen LogP contribution in [0.25, 0.3) is 0 Å². The van der Waals surface area contributed by atoms with Crippen molar-refractivity contribution in [1.82, 2.24) is 0 Å². The van der Waals surface area contributed by atoms with Gasteiger partial charge < -0.3 is 0 Å². The summed E-state index contributed by atoms with van der Waals surface area (Å²) in [6.07, 6.45) is 0. The van der Waals surface area contributed by atoms with Crippen LogP contribution in [-0.2, 0) is 9.84 Å². The van der Waals surface area contributed by atoms with Crippen LogP contribution in [0.2, 0.25) is 5.02 Å². The number of ketones is 1. The summed E-state index contributed by atoms with van der Waals surface area (Å²) in [5, 5.41) is 0.552. The maximum Gasteiger partial charge on any atom is 0.206 e. The molecule has 3 aromatic carbocycles. The molecule has 120 valence electrons. The standard InChI is InChI=1S/C19H13ClO3S/c20-16-10-6-14(7-11-16)19(21)15-8-12-18(13-9-15)24(22,23)17-4-2-1-3-5-17/h1-13H. The lowest BCUT2D eigenvalue weighted by atomic mass is 10.0. The largest absolute Gasteiger partial charge is 0.289 e. The van der Waals surface area contributed by atoms with E-state index in [1.807, 2.05) is 0 Å². The zero-order valence-corrected chi connectivity index (χ0v) is 14.1. The van der Waals surface area contributed by atoms with Crippen molar-refractivity contribution < 1.29 is 13.2 Å². The van der Waals surface area contributed by atoms with Crippen molar-refractivity contribution in [3.05, 3.63) is 95.0 Å². The van der Waals surface area contributed by atoms with E-state index in [1.165, 1.54) is 24.3 Å². The quantitative estimate of drug-likeness (QED) is 0.651. The molecule has 24 heavy (non-hydrogen) atoms. The molecule has 0 fully saturated rings. The minimum atomic E-state index is -3.58. The van der Waals surface area contributed by atoms with Crippen LogP contribution in [-0.4, -0.2) is 14.2 Å². The minimum absolute atomic E-state index is 0.154. The fourth-order valence-corrected chi connectivity index (χ4v) is 3.70. The number of carbonyl (C=O) groups excluding carboxylic acids is 1. The highest BCUT2D eigenvalue weighted by Gasteiger charge is 2.18.